The molecule has 9 nitrogen and oxygen atoms in total. The Morgan fingerprint density at radius 3 is 2.50 bits per heavy atom. The molecule has 1 aliphatic rings. The van der Waals surface area contributed by atoms with E-state index in [-0.39, 0.29) is 18.8 Å². The summed E-state index contributed by atoms with van der Waals surface area (Å²) in [7, 11) is 1.55. The Labute approximate surface area is 139 Å². The van der Waals surface area contributed by atoms with E-state index in [9.17, 15) is 9.59 Å². The first-order chi connectivity index (χ1) is 11.5. The number of carboxylic acids is 1. The molecular formula is C15H21N3O6. The molecule has 1 aliphatic heterocycles. The van der Waals surface area contributed by atoms with Crippen LogP contribution < -0.4 is 4.74 Å². The molecule has 2 rings (SSSR count). The third kappa shape index (κ3) is 6.21. The van der Waals surface area contributed by atoms with Gasteiger partial charge in [-0.2, -0.15) is 0 Å². The fourth-order valence-corrected chi connectivity index (χ4v) is 2.25. The minimum absolute atomic E-state index is 0.119. The average molecular weight is 339 g/mol. The van der Waals surface area contributed by atoms with Gasteiger partial charge in [-0.3, -0.25) is 24.3 Å². The van der Waals surface area contributed by atoms with E-state index in [1.165, 1.54) is 0 Å². The van der Waals surface area contributed by atoms with E-state index in [0.29, 0.717) is 44.2 Å². The summed E-state index contributed by atoms with van der Waals surface area (Å²) in [5.41, 5.74) is 0.369. The molecule has 0 radical (unpaired) electrons. The Bertz CT molecular complexity index is 558. The maximum absolute atomic E-state index is 12.3. The SMILES string of the molecule is COc1ccnc(C(=O)N2CCN(CCC(=O)O)CC2)c1.O=CO. The van der Waals surface area contributed by atoms with E-state index in [1.54, 1.807) is 30.3 Å². The van der Waals surface area contributed by atoms with Gasteiger partial charge >= 0.3 is 5.97 Å². The lowest BCUT2D eigenvalue weighted by Crippen LogP contribution is -2.49. The van der Waals surface area contributed by atoms with Gasteiger partial charge in [0, 0.05) is 45.0 Å². The molecule has 1 aromatic rings. The van der Waals surface area contributed by atoms with Crippen molar-refractivity contribution in [1.82, 2.24) is 14.8 Å². The first-order valence-corrected chi connectivity index (χ1v) is 7.33. The van der Waals surface area contributed by atoms with Crippen molar-refractivity contribution < 1.29 is 29.3 Å². The van der Waals surface area contributed by atoms with Crippen LogP contribution in [0, 0.1) is 0 Å². The predicted octanol–water partition coefficient (Wildman–Crippen LogP) is 0.0235. The van der Waals surface area contributed by atoms with E-state index < -0.39 is 5.97 Å². The smallest absolute Gasteiger partial charge is 0.304 e. The van der Waals surface area contributed by atoms with Crippen molar-refractivity contribution in [3.63, 3.8) is 0 Å². The number of aromatic nitrogens is 1. The summed E-state index contributed by atoms with van der Waals surface area (Å²) in [4.78, 5) is 39.1. The van der Waals surface area contributed by atoms with Crippen molar-refractivity contribution in [2.75, 3.05) is 39.8 Å². The van der Waals surface area contributed by atoms with Gasteiger partial charge in [-0.15, -0.1) is 0 Å². The van der Waals surface area contributed by atoms with Crippen LogP contribution in [0.25, 0.3) is 0 Å². The van der Waals surface area contributed by atoms with Crippen molar-refractivity contribution in [3.05, 3.63) is 24.0 Å². The van der Waals surface area contributed by atoms with Crippen molar-refractivity contribution in [1.29, 1.82) is 0 Å². The molecule has 0 atom stereocenters. The molecule has 0 saturated carbocycles. The van der Waals surface area contributed by atoms with Crippen LogP contribution in [0.1, 0.15) is 16.9 Å². The van der Waals surface area contributed by atoms with Gasteiger partial charge in [-0.25, -0.2) is 0 Å². The van der Waals surface area contributed by atoms with Gasteiger partial charge in [0.1, 0.15) is 11.4 Å². The molecule has 1 amide bonds. The molecule has 9 heteroatoms. The second-order valence-corrected chi connectivity index (χ2v) is 4.96. The standard InChI is InChI=1S/C14H19N3O4.CH2O2/c1-21-11-2-4-15-12(10-11)14(20)17-8-6-16(7-9-17)5-3-13(18)19;2-1-3/h2,4,10H,3,5-9H2,1H3,(H,18,19);1H,(H,2,3). The van der Waals surface area contributed by atoms with Crippen LogP contribution in [0.2, 0.25) is 0 Å². The Morgan fingerprint density at radius 2 is 1.96 bits per heavy atom. The molecule has 132 valence electrons. The number of pyridine rings is 1. The molecule has 2 N–H and O–H groups in total. The van der Waals surface area contributed by atoms with Crippen LogP contribution in [0.15, 0.2) is 18.3 Å². The molecule has 2 heterocycles. The highest BCUT2D eigenvalue weighted by Gasteiger charge is 2.23. The van der Waals surface area contributed by atoms with Crippen molar-refractivity contribution in [2.45, 2.75) is 6.42 Å². The van der Waals surface area contributed by atoms with Crippen LogP contribution in [0.3, 0.4) is 0 Å². The van der Waals surface area contributed by atoms with Gasteiger partial charge in [0.25, 0.3) is 12.4 Å². The topological polar surface area (TPSA) is 120 Å². The number of hydrogen-bond donors (Lipinski definition) is 2. The van der Waals surface area contributed by atoms with Crippen molar-refractivity contribution in [3.8, 4) is 5.75 Å². The Kier molecular flexibility index (Phi) is 8.20. The van der Waals surface area contributed by atoms with Crippen molar-refractivity contribution in [2.24, 2.45) is 0 Å². The molecule has 1 saturated heterocycles. The lowest BCUT2D eigenvalue weighted by Gasteiger charge is -2.34. The first kappa shape index (κ1) is 19.4. The molecule has 0 bridgehead atoms. The zero-order chi connectivity index (χ0) is 17.9. The van der Waals surface area contributed by atoms with Gasteiger partial charge in [-0.1, -0.05) is 0 Å². The fraction of sp³-hybridized carbons (Fsp3) is 0.467. The van der Waals surface area contributed by atoms with E-state index in [2.05, 4.69) is 9.88 Å². The molecule has 0 aromatic carbocycles. The van der Waals surface area contributed by atoms with Crippen LogP contribution in [-0.2, 0) is 9.59 Å². The lowest BCUT2D eigenvalue weighted by atomic mass is 10.2. The highest BCUT2D eigenvalue weighted by atomic mass is 16.5. The fourth-order valence-electron chi connectivity index (χ4n) is 2.25. The molecule has 0 aliphatic carbocycles. The van der Waals surface area contributed by atoms with E-state index in [1.807, 2.05) is 0 Å². The normalized spacial score (nSPS) is 14.3. The number of piperazine rings is 1. The van der Waals surface area contributed by atoms with Crippen molar-refractivity contribution >= 4 is 18.3 Å². The second-order valence-electron chi connectivity index (χ2n) is 4.96. The minimum Gasteiger partial charge on any atom is -0.497 e. The summed E-state index contributed by atoms with van der Waals surface area (Å²) in [6, 6.07) is 3.32. The lowest BCUT2D eigenvalue weighted by molar-refractivity contribution is -0.137. The number of carboxylic acid groups (broad SMARTS) is 2. The molecular weight excluding hydrogens is 318 g/mol. The van der Waals surface area contributed by atoms with Gasteiger partial charge in [-0.05, 0) is 6.07 Å². The number of amides is 1. The number of aliphatic carboxylic acids is 1. The van der Waals surface area contributed by atoms with Gasteiger partial charge in [0.15, 0.2) is 0 Å². The minimum atomic E-state index is -0.797. The van der Waals surface area contributed by atoms with Crippen LogP contribution in [0.5, 0.6) is 5.75 Å². The van der Waals surface area contributed by atoms with Crippen LogP contribution in [0.4, 0.5) is 0 Å². The number of carbonyl (C=O) groups is 3. The van der Waals surface area contributed by atoms with E-state index in [4.69, 9.17) is 19.7 Å². The summed E-state index contributed by atoms with van der Waals surface area (Å²) in [6.45, 7) is 2.80. The van der Waals surface area contributed by atoms with E-state index >= 15 is 0 Å². The van der Waals surface area contributed by atoms with Gasteiger partial charge in [0.2, 0.25) is 0 Å². The Hall–Kier alpha value is -2.68. The molecule has 0 unspecified atom stereocenters. The number of ether oxygens (including phenoxy) is 1. The van der Waals surface area contributed by atoms with Gasteiger partial charge in [0.05, 0.1) is 13.5 Å². The number of methoxy groups -OCH3 is 1. The summed E-state index contributed by atoms with van der Waals surface area (Å²) < 4.78 is 5.09. The Balaban J connectivity index is 0.000000891. The second kappa shape index (κ2) is 10.2. The number of carbonyl (C=O) groups excluding carboxylic acids is 1. The maximum atomic E-state index is 12.3. The number of rotatable bonds is 5. The predicted molar refractivity (Wildman–Crippen MR) is 84.1 cm³/mol. The van der Waals surface area contributed by atoms with E-state index in [0.717, 1.165) is 0 Å². The largest absolute Gasteiger partial charge is 0.497 e. The summed E-state index contributed by atoms with van der Waals surface area (Å²) >= 11 is 0. The number of nitrogens with zero attached hydrogens (tertiary/aromatic N) is 3. The zero-order valence-electron chi connectivity index (χ0n) is 13.4. The highest BCUT2D eigenvalue weighted by molar-refractivity contribution is 5.92. The number of hydrogen-bond acceptors (Lipinski definition) is 6. The monoisotopic (exact) mass is 339 g/mol. The molecule has 0 spiro atoms. The average Bonchev–Trinajstić information content (AvgIpc) is 2.60. The quantitative estimate of drug-likeness (QED) is 0.721. The highest BCUT2D eigenvalue weighted by Crippen LogP contribution is 2.13. The summed E-state index contributed by atoms with van der Waals surface area (Å²) in [5, 5.41) is 15.6. The Morgan fingerprint density at radius 1 is 1.33 bits per heavy atom. The molecule has 1 aromatic heterocycles. The zero-order valence-corrected chi connectivity index (χ0v) is 13.4. The van der Waals surface area contributed by atoms with Gasteiger partial charge < -0.3 is 19.8 Å². The first-order valence-electron chi connectivity index (χ1n) is 7.33. The summed E-state index contributed by atoms with van der Waals surface area (Å²) in [6.07, 6.45) is 1.68. The van der Waals surface area contributed by atoms with Crippen LogP contribution >= 0.6 is 0 Å². The maximum Gasteiger partial charge on any atom is 0.304 e. The third-order valence-corrected chi connectivity index (χ3v) is 3.49. The van der Waals surface area contributed by atoms with Crippen LogP contribution in [-0.4, -0.2) is 83.2 Å². The molecule has 1 fully saturated rings. The third-order valence-electron chi connectivity index (χ3n) is 3.49. The molecule has 24 heavy (non-hydrogen) atoms. The summed E-state index contributed by atoms with van der Waals surface area (Å²) in [5.74, 6) is -0.311.